The van der Waals surface area contributed by atoms with Gasteiger partial charge >= 0.3 is 0 Å². The number of rotatable bonds is 3. The maximum atomic E-state index is 14.1. The van der Waals surface area contributed by atoms with Crippen LogP contribution in [-0.2, 0) is 7.05 Å². The van der Waals surface area contributed by atoms with Crippen LogP contribution in [0.25, 0.3) is 10.9 Å². The lowest BCUT2D eigenvalue weighted by Crippen LogP contribution is -2.36. The highest BCUT2D eigenvalue weighted by Gasteiger charge is 2.30. The van der Waals surface area contributed by atoms with Crippen molar-refractivity contribution in [1.82, 2.24) is 14.5 Å². The van der Waals surface area contributed by atoms with Gasteiger partial charge in [0.15, 0.2) is 0 Å². The highest BCUT2D eigenvalue weighted by atomic mass is 19.1. The number of fused-ring (bicyclic) bond motifs is 1. The molecule has 1 saturated heterocycles. The van der Waals surface area contributed by atoms with Gasteiger partial charge < -0.3 is 14.6 Å². The highest BCUT2D eigenvalue weighted by Crippen LogP contribution is 2.36. The number of halogens is 1. The number of aryl methyl sites for hydroxylation is 2. The monoisotopic (exact) mass is 379 g/mol. The van der Waals surface area contributed by atoms with Crippen LogP contribution in [0.15, 0.2) is 30.7 Å². The average Bonchev–Trinajstić information content (AvgIpc) is 3.12. The van der Waals surface area contributed by atoms with Crippen LogP contribution in [0, 0.1) is 30.0 Å². The van der Waals surface area contributed by atoms with Crippen molar-refractivity contribution in [2.75, 3.05) is 18.0 Å². The summed E-state index contributed by atoms with van der Waals surface area (Å²) in [6, 6.07) is 5.12. The Morgan fingerprint density at radius 1 is 1.29 bits per heavy atom. The first kappa shape index (κ1) is 18.4. The number of pyridine rings is 1. The van der Waals surface area contributed by atoms with Crippen LogP contribution in [0.1, 0.15) is 35.9 Å². The predicted octanol–water partition coefficient (Wildman–Crippen LogP) is 3.24. The number of nitrogens with zero attached hydrogens (tertiary/aromatic N) is 5. The Morgan fingerprint density at radius 3 is 2.68 bits per heavy atom. The van der Waals surface area contributed by atoms with Gasteiger partial charge in [0.1, 0.15) is 23.8 Å². The second kappa shape index (κ2) is 7.21. The third kappa shape index (κ3) is 3.10. The van der Waals surface area contributed by atoms with Gasteiger partial charge in [0.2, 0.25) is 0 Å². The van der Waals surface area contributed by atoms with E-state index < -0.39 is 6.10 Å². The molecule has 4 rings (SSSR count). The number of aliphatic hydroxyl groups excluding tert-OH is 1. The molecular weight excluding hydrogens is 357 g/mol. The van der Waals surface area contributed by atoms with E-state index in [1.165, 1.54) is 12.1 Å². The Labute approximate surface area is 162 Å². The van der Waals surface area contributed by atoms with Gasteiger partial charge in [-0.3, -0.25) is 4.98 Å². The zero-order valence-corrected chi connectivity index (χ0v) is 15.9. The Bertz CT molecular complexity index is 1060. The largest absolute Gasteiger partial charge is 0.385 e. The average molecular weight is 379 g/mol. The number of piperidine rings is 1. The lowest BCUT2D eigenvalue weighted by atomic mass is 9.90. The minimum atomic E-state index is -0.619. The van der Waals surface area contributed by atoms with Crippen molar-refractivity contribution in [2.24, 2.45) is 13.0 Å². The van der Waals surface area contributed by atoms with Gasteiger partial charge in [0.05, 0.1) is 16.8 Å². The molecule has 1 atom stereocenters. The van der Waals surface area contributed by atoms with Crippen molar-refractivity contribution in [3.8, 4) is 6.07 Å². The fourth-order valence-electron chi connectivity index (χ4n) is 4.16. The normalized spacial score (nSPS) is 16.3. The first-order valence-corrected chi connectivity index (χ1v) is 9.38. The van der Waals surface area contributed by atoms with Crippen LogP contribution >= 0.6 is 0 Å². The molecule has 1 unspecified atom stereocenters. The van der Waals surface area contributed by atoms with E-state index >= 15 is 0 Å². The summed E-state index contributed by atoms with van der Waals surface area (Å²) in [5.41, 5.74) is 2.65. The molecule has 28 heavy (non-hydrogen) atoms. The van der Waals surface area contributed by atoms with Gasteiger partial charge in [-0.2, -0.15) is 5.26 Å². The Morgan fingerprint density at radius 2 is 2.04 bits per heavy atom. The van der Waals surface area contributed by atoms with Crippen molar-refractivity contribution in [3.05, 3.63) is 53.5 Å². The van der Waals surface area contributed by atoms with E-state index in [1.807, 2.05) is 24.7 Å². The molecule has 6 nitrogen and oxygen atoms in total. The SMILES string of the molecule is Cc1cc(F)cc2c(N3CCC(C(O)c4nccn4C)CC3)c(C#N)cnc12. The van der Waals surface area contributed by atoms with E-state index in [4.69, 9.17) is 0 Å². The highest BCUT2D eigenvalue weighted by molar-refractivity contribution is 5.96. The van der Waals surface area contributed by atoms with Gasteiger partial charge in [-0.1, -0.05) is 0 Å². The summed E-state index contributed by atoms with van der Waals surface area (Å²) in [4.78, 5) is 10.7. The zero-order valence-electron chi connectivity index (χ0n) is 15.9. The summed E-state index contributed by atoms with van der Waals surface area (Å²) in [7, 11) is 1.87. The molecule has 1 aliphatic heterocycles. The first-order valence-electron chi connectivity index (χ1n) is 9.38. The van der Waals surface area contributed by atoms with Gasteiger partial charge in [-0.15, -0.1) is 0 Å². The Balaban J connectivity index is 1.64. The van der Waals surface area contributed by atoms with Crippen molar-refractivity contribution in [1.29, 1.82) is 5.26 Å². The molecule has 3 heterocycles. The van der Waals surface area contributed by atoms with Crippen LogP contribution in [0.2, 0.25) is 0 Å². The molecule has 2 aromatic heterocycles. The van der Waals surface area contributed by atoms with E-state index in [1.54, 1.807) is 12.4 Å². The Hall–Kier alpha value is -2.98. The van der Waals surface area contributed by atoms with Gasteiger partial charge in [0.25, 0.3) is 0 Å². The molecule has 3 aromatic rings. The quantitative estimate of drug-likeness (QED) is 0.756. The molecule has 1 fully saturated rings. The van der Waals surface area contributed by atoms with Crippen molar-refractivity contribution in [3.63, 3.8) is 0 Å². The molecule has 0 spiro atoms. The number of aliphatic hydroxyl groups is 1. The Kier molecular flexibility index (Phi) is 4.73. The van der Waals surface area contributed by atoms with E-state index in [0.29, 0.717) is 35.4 Å². The number of hydrogen-bond acceptors (Lipinski definition) is 5. The van der Waals surface area contributed by atoms with Gasteiger partial charge in [-0.05, 0) is 43.4 Å². The van der Waals surface area contributed by atoms with Crippen molar-refractivity contribution >= 4 is 16.6 Å². The third-order valence-corrected chi connectivity index (χ3v) is 5.64. The topological polar surface area (TPSA) is 78.0 Å². The van der Waals surface area contributed by atoms with Crippen LogP contribution in [0.5, 0.6) is 0 Å². The lowest BCUT2D eigenvalue weighted by molar-refractivity contribution is 0.0825. The number of hydrogen-bond donors (Lipinski definition) is 1. The lowest BCUT2D eigenvalue weighted by Gasteiger charge is -2.36. The maximum Gasteiger partial charge on any atom is 0.137 e. The van der Waals surface area contributed by atoms with Crippen LogP contribution < -0.4 is 4.90 Å². The molecule has 1 aliphatic rings. The predicted molar refractivity (Wildman–Crippen MR) is 104 cm³/mol. The number of aromatic nitrogens is 3. The molecule has 1 aromatic carbocycles. The molecular formula is C21H22FN5O. The second-order valence-electron chi connectivity index (χ2n) is 7.42. The summed E-state index contributed by atoms with van der Waals surface area (Å²) in [5.74, 6) is 0.431. The number of imidazole rings is 1. The van der Waals surface area contributed by atoms with Gasteiger partial charge in [0, 0.05) is 44.1 Å². The molecule has 144 valence electrons. The summed E-state index contributed by atoms with van der Waals surface area (Å²) in [6.45, 7) is 3.18. The molecule has 7 heteroatoms. The zero-order chi connectivity index (χ0) is 19.8. The van der Waals surface area contributed by atoms with Crippen LogP contribution in [0.3, 0.4) is 0 Å². The third-order valence-electron chi connectivity index (χ3n) is 5.64. The molecule has 0 aliphatic carbocycles. The molecule has 0 radical (unpaired) electrons. The minimum Gasteiger partial charge on any atom is -0.385 e. The first-order chi connectivity index (χ1) is 13.5. The van der Waals surface area contributed by atoms with Crippen molar-refractivity contribution in [2.45, 2.75) is 25.9 Å². The molecule has 0 amide bonds. The number of benzene rings is 1. The summed E-state index contributed by atoms with van der Waals surface area (Å²) in [5, 5.41) is 21.0. The maximum absolute atomic E-state index is 14.1. The minimum absolute atomic E-state index is 0.0921. The fourth-order valence-corrected chi connectivity index (χ4v) is 4.16. The smallest absolute Gasteiger partial charge is 0.137 e. The molecule has 0 saturated carbocycles. The molecule has 0 bridgehead atoms. The standard InChI is InChI=1S/C21H22FN5O/c1-13-9-16(22)10-17-18(13)25-12-15(11-23)19(17)27-6-3-14(4-7-27)20(28)21-24-5-8-26(21)2/h5,8-10,12,14,20,28H,3-4,6-7H2,1-2H3. The molecule has 1 N–H and O–H groups in total. The van der Waals surface area contributed by atoms with E-state index in [0.717, 1.165) is 24.1 Å². The van der Waals surface area contributed by atoms with E-state index in [9.17, 15) is 14.8 Å². The summed E-state index contributed by atoms with van der Waals surface area (Å²) >= 11 is 0. The van der Waals surface area contributed by atoms with E-state index in [2.05, 4.69) is 20.9 Å². The second-order valence-corrected chi connectivity index (χ2v) is 7.42. The summed E-state index contributed by atoms with van der Waals surface area (Å²) in [6.07, 6.45) is 5.98. The number of anilines is 1. The van der Waals surface area contributed by atoms with Gasteiger partial charge in [-0.25, -0.2) is 9.37 Å². The number of nitriles is 1. The van der Waals surface area contributed by atoms with Crippen LogP contribution in [0.4, 0.5) is 10.1 Å². The fraction of sp³-hybridized carbons (Fsp3) is 0.381. The van der Waals surface area contributed by atoms with E-state index in [-0.39, 0.29) is 11.7 Å². The van der Waals surface area contributed by atoms with Crippen LogP contribution in [-0.4, -0.2) is 32.7 Å². The summed E-state index contributed by atoms with van der Waals surface area (Å²) < 4.78 is 15.9. The van der Waals surface area contributed by atoms with Crippen molar-refractivity contribution < 1.29 is 9.50 Å².